The molecule has 0 radical (unpaired) electrons. The first-order valence-corrected chi connectivity index (χ1v) is 12.9. The van der Waals surface area contributed by atoms with E-state index < -0.39 is 24.5 Å². The summed E-state index contributed by atoms with van der Waals surface area (Å²) in [4.78, 5) is 24.8. The molecule has 6 heteroatoms. The fraction of sp³-hybridized carbons (Fsp3) is 0.923. The Morgan fingerprint density at radius 1 is 0.625 bits per heavy atom. The van der Waals surface area contributed by atoms with Crippen molar-refractivity contribution in [2.75, 3.05) is 13.2 Å². The van der Waals surface area contributed by atoms with Crippen molar-refractivity contribution in [2.24, 2.45) is 23.7 Å². The minimum atomic E-state index is -0.702. The number of carbonyl (C=O) groups is 2. The highest BCUT2D eigenvalue weighted by atomic mass is 16.8. The van der Waals surface area contributed by atoms with Crippen LogP contribution < -0.4 is 0 Å². The van der Waals surface area contributed by atoms with Gasteiger partial charge in [0.1, 0.15) is 12.2 Å². The Balaban J connectivity index is 4.88. The number of hydrogen-bond acceptors (Lipinski definition) is 6. The van der Waals surface area contributed by atoms with Gasteiger partial charge >= 0.3 is 12.3 Å². The van der Waals surface area contributed by atoms with Crippen molar-refractivity contribution in [2.45, 2.75) is 119 Å². The number of hydrogen-bond donors (Lipinski definition) is 0. The molecule has 4 atom stereocenters. The highest BCUT2D eigenvalue weighted by molar-refractivity contribution is 5.61. The van der Waals surface area contributed by atoms with Crippen LogP contribution in [0.2, 0.25) is 0 Å². The molecule has 0 fully saturated rings. The van der Waals surface area contributed by atoms with Crippen LogP contribution in [0.5, 0.6) is 0 Å². The Kier molecular flexibility index (Phi) is 17.2. The van der Waals surface area contributed by atoms with Crippen LogP contribution in [0.25, 0.3) is 0 Å². The summed E-state index contributed by atoms with van der Waals surface area (Å²) >= 11 is 0. The third-order valence-electron chi connectivity index (χ3n) is 6.06. The molecule has 0 aromatic heterocycles. The third-order valence-corrected chi connectivity index (χ3v) is 6.06. The maximum absolute atomic E-state index is 12.4. The molecule has 0 spiro atoms. The number of carbonyl (C=O) groups excluding carboxylic acids is 2. The third kappa shape index (κ3) is 13.2. The van der Waals surface area contributed by atoms with Crippen LogP contribution in [0.15, 0.2) is 0 Å². The van der Waals surface area contributed by atoms with Crippen LogP contribution in [0.1, 0.15) is 107 Å². The van der Waals surface area contributed by atoms with E-state index in [1.165, 1.54) is 0 Å². The largest absolute Gasteiger partial charge is 0.508 e. The molecule has 0 aromatic carbocycles. The van der Waals surface area contributed by atoms with E-state index in [0.717, 1.165) is 51.4 Å². The summed E-state index contributed by atoms with van der Waals surface area (Å²) < 4.78 is 22.1. The molecule has 0 aromatic rings. The van der Waals surface area contributed by atoms with Crippen LogP contribution >= 0.6 is 0 Å². The molecule has 0 saturated heterocycles. The van der Waals surface area contributed by atoms with Crippen LogP contribution in [0.3, 0.4) is 0 Å². The summed E-state index contributed by atoms with van der Waals surface area (Å²) in [5.74, 6) is 0.591. The van der Waals surface area contributed by atoms with Crippen LogP contribution in [-0.4, -0.2) is 37.7 Å². The lowest BCUT2D eigenvalue weighted by molar-refractivity contribution is -0.0888. The van der Waals surface area contributed by atoms with Crippen LogP contribution in [0.4, 0.5) is 9.59 Å². The van der Waals surface area contributed by atoms with E-state index in [4.69, 9.17) is 18.9 Å². The number of unbranched alkanes of at least 4 members (excludes halogenated alkanes) is 2. The second-order valence-corrected chi connectivity index (χ2v) is 9.61. The number of rotatable bonds is 17. The summed E-state index contributed by atoms with van der Waals surface area (Å²) in [6.07, 6.45) is 5.86. The van der Waals surface area contributed by atoms with Gasteiger partial charge in [-0.3, -0.25) is 0 Å². The molecule has 32 heavy (non-hydrogen) atoms. The van der Waals surface area contributed by atoms with Crippen molar-refractivity contribution >= 4 is 12.3 Å². The van der Waals surface area contributed by atoms with E-state index in [1.54, 1.807) is 0 Å². The van der Waals surface area contributed by atoms with Crippen molar-refractivity contribution in [1.82, 2.24) is 0 Å². The molecule has 0 aliphatic rings. The summed E-state index contributed by atoms with van der Waals surface area (Å²) in [5, 5.41) is 0. The van der Waals surface area contributed by atoms with Gasteiger partial charge in [-0.1, -0.05) is 93.9 Å². The maximum atomic E-state index is 12.4. The lowest BCUT2D eigenvalue weighted by Crippen LogP contribution is -2.42. The predicted octanol–water partition coefficient (Wildman–Crippen LogP) is 7.77. The molecule has 190 valence electrons. The topological polar surface area (TPSA) is 71.1 Å². The molecule has 4 unspecified atom stereocenters. The van der Waals surface area contributed by atoms with Crippen molar-refractivity contribution in [1.29, 1.82) is 0 Å². The van der Waals surface area contributed by atoms with Gasteiger partial charge in [0.05, 0.1) is 13.2 Å². The quantitative estimate of drug-likeness (QED) is 0.207. The fourth-order valence-electron chi connectivity index (χ4n) is 3.62. The first kappa shape index (κ1) is 30.5. The van der Waals surface area contributed by atoms with Gasteiger partial charge in [-0.15, -0.1) is 0 Å². The van der Waals surface area contributed by atoms with Gasteiger partial charge in [-0.2, -0.15) is 0 Å². The molecule has 0 amide bonds. The minimum Gasteiger partial charge on any atom is -0.434 e. The van der Waals surface area contributed by atoms with Crippen LogP contribution in [0, 0.1) is 23.7 Å². The van der Waals surface area contributed by atoms with Gasteiger partial charge in [0.15, 0.2) is 0 Å². The van der Waals surface area contributed by atoms with E-state index in [1.807, 2.05) is 27.7 Å². The van der Waals surface area contributed by atoms with E-state index in [0.29, 0.717) is 25.0 Å². The number of ether oxygens (including phenoxy) is 4. The summed E-state index contributed by atoms with van der Waals surface area (Å²) in [7, 11) is 0. The molecule has 6 nitrogen and oxygen atoms in total. The smallest absolute Gasteiger partial charge is 0.434 e. The van der Waals surface area contributed by atoms with E-state index >= 15 is 0 Å². The normalized spacial score (nSPS) is 15.2. The molecule has 0 aliphatic heterocycles. The lowest BCUT2D eigenvalue weighted by atomic mass is 9.93. The van der Waals surface area contributed by atoms with Gasteiger partial charge in [-0.25, -0.2) is 9.59 Å². The molecule has 0 rings (SSSR count). The molecule has 0 heterocycles. The Hall–Kier alpha value is -1.46. The van der Waals surface area contributed by atoms with E-state index in [-0.39, 0.29) is 11.8 Å². The predicted molar refractivity (Wildman–Crippen MR) is 129 cm³/mol. The van der Waals surface area contributed by atoms with E-state index in [9.17, 15) is 9.59 Å². The molecular formula is C26H50O6. The second-order valence-electron chi connectivity index (χ2n) is 9.61. The average Bonchev–Trinajstić information content (AvgIpc) is 2.76. The summed E-state index contributed by atoms with van der Waals surface area (Å²) in [6.45, 7) is 17.0. The van der Waals surface area contributed by atoms with Gasteiger partial charge in [0, 0.05) is 0 Å². The van der Waals surface area contributed by atoms with Crippen molar-refractivity contribution < 1.29 is 28.5 Å². The summed E-state index contributed by atoms with van der Waals surface area (Å²) in [6, 6.07) is 0. The van der Waals surface area contributed by atoms with Crippen LogP contribution in [-0.2, 0) is 18.9 Å². The Labute approximate surface area is 197 Å². The first-order chi connectivity index (χ1) is 15.2. The SMILES string of the molecule is CCCCC(CC)COC(=O)OC(C(C)C)C(OC(=O)OCC(CC)CCCC)C(C)C. The zero-order valence-corrected chi connectivity index (χ0v) is 22.0. The monoisotopic (exact) mass is 458 g/mol. The Morgan fingerprint density at radius 3 is 1.22 bits per heavy atom. The average molecular weight is 459 g/mol. The molecular weight excluding hydrogens is 408 g/mol. The highest BCUT2D eigenvalue weighted by Gasteiger charge is 2.35. The molecule has 0 saturated carbocycles. The van der Waals surface area contributed by atoms with Crippen molar-refractivity contribution in [3.63, 3.8) is 0 Å². The van der Waals surface area contributed by atoms with Gasteiger partial charge < -0.3 is 18.9 Å². The molecule has 0 N–H and O–H groups in total. The highest BCUT2D eigenvalue weighted by Crippen LogP contribution is 2.23. The summed E-state index contributed by atoms with van der Waals surface area (Å²) in [5.41, 5.74) is 0. The minimum absolute atomic E-state index is 0.0437. The van der Waals surface area contributed by atoms with Crippen molar-refractivity contribution in [3.8, 4) is 0 Å². The van der Waals surface area contributed by atoms with Gasteiger partial charge in [0.2, 0.25) is 0 Å². The van der Waals surface area contributed by atoms with Crippen molar-refractivity contribution in [3.05, 3.63) is 0 Å². The molecule has 0 aliphatic carbocycles. The Bertz CT molecular complexity index is 447. The fourth-order valence-corrected chi connectivity index (χ4v) is 3.62. The second kappa shape index (κ2) is 18.0. The van der Waals surface area contributed by atoms with Gasteiger partial charge in [-0.05, 0) is 36.5 Å². The zero-order chi connectivity index (χ0) is 24.5. The standard InChI is InChI=1S/C26H50O6/c1-9-13-15-21(11-3)17-29-25(27)31-23(19(5)6)24(20(7)8)32-26(28)30-18-22(12-4)16-14-10-2/h19-24H,9-18H2,1-8H3. The lowest BCUT2D eigenvalue weighted by Gasteiger charge is -2.31. The maximum Gasteiger partial charge on any atom is 0.508 e. The zero-order valence-electron chi connectivity index (χ0n) is 22.0. The first-order valence-electron chi connectivity index (χ1n) is 12.9. The van der Waals surface area contributed by atoms with Gasteiger partial charge in [0.25, 0.3) is 0 Å². The van der Waals surface area contributed by atoms with E-state index in [2.05, 4.69) is 27.7 Å². The Morgan fingerprint density at radius 2 is 0.969 bits per heavy atom. The molecule has 0 bridgehead atoms.